The molecule has 2 aromatic heterocycles. The summed E-state index contributed by atoms with van der Waals surface area (Å²) in [6, 6.07) is 0. The van der Waals surface area contributed by atoms with Crippen molar-refractivity contribution in [2.24, 2.45) is 0 Å². The Bertz CT molecular complexity index is 524. The average molecular weight is 239 g/mol. The fourth-order valence-electron chi connectivity index (χ4n) is 1.78. The Kier molecular flexibility index (Phi) is 2.62. The number of imidazole rings is 1. The highest BCUT2D eigenvalue weighted by Crippen LogP contribution is 2.27. The van der Waals surface area contributed by atoms with E-state index in [0.717, 1.165) is 18.0 Å². The van der Waals surface area contributed by atoms with Gasteiger partial charge in [-0.3, -0.25) is 0 Å². The van der Waals surface area contributed by atoms with Crippen LogP contribution >= 0.6 is 11.6 Å². The Hall–Kier alpha value is -1.16. The van der Waals surface area contributed by atoms with Crippen LogP contribution in [-0.4, -0.2) is 19.5 Å². The highest BCUT2D eigenvalue weighted by Gasteiger charge is 2.23. The third-order valence-electron chi connectivity index (χ3n) is 2.47. The molecule has 16 heavy (non-hydrogen) atoms. The fraction of sp³-hybridized carbons (Fsp3) is 0.545. The molecule has 0 bridgehead atoms. The summed E-state index contributed by atoms with van der Waals surface area (Å²) in [5.74, 6) is 0.993. The summed E-state index contributed by atoms with van der Waals surface area (Å²) in [5.41, 5.74) is 1.48. The van der Waals surface area contributed by atoms with Gasteiger partial charge < -0.3 is 4.57 Å². The Labute approximate surface area is 99.7 Å². The van der Waals surface area contributed by atoms with Crippen molar-refractivity contribution in [1.82, 2.24) is 19.5 Å². The molecule has 0 fully saturated rings. The zero-order valence-electron chi connectivity index (χ0n) is 9.95. The molecule has 0 radical (unpaired) electrons. The first-order valence-corrected chi connectivity index (χ1v) is 5.70. The number of aromatic nitrogens is 4. The number of rotatable bonds is 1. The van der Waals surface area contributed by atoms with Gasteiger partial charge in [0.2, 0.25) is 0 Å². The molecule has 0 saturated heterocycles. The van der Waals surface area contributed by atoms with Crippen LogP contribution in [0.4, 0.5) is 0 Å². The minimum absolute atomic E-state index is 0.0277. The fourth-order valence-corrected chi connectivity index (χ4v) is 1.95. The van der Waals surface area contributed by atoms with E-state index in [1.54, 1.807) is 0 Å². The van der Waals surface area contributed by atoms with Gasteiger partial charge in [0.15, 0.2) is 10.8 Å². The first-order valence-electron chi connectivity index (χ1n) is 5.32. The number of fused-ring (bicyclic) bond motifs is 1. The van der Waals surface area contributed by atoms with Gasteiger partial charge in [0.25, 0.3) is 0 Å². The van der Waals surface area contributed by atoms with Crippen molar-refractivity contribution in [3.63, 3.8) is 0 Å². The lowest BCUT2D eigenvalue weighted by atomic mass is 9.96. The molecule has 0 aliphatic rings. The maximum absolute atomic E-state index is 6.02. The van der Waals surface area contributed by atoms with E-state index in [1.807, 2.05) is 0 Å². The molecular weight excluding hydrogens is 224 g/mol. The molecule has 5 heteroatoms. The zero-order valence-corrected chi connectivity index (χ0v) is 10.7. The highest BCUT2D eigenvalue weighted by molar-refractivity contribution is 6.33. The van der Waals surface area contributed by atoms with E-state index >= 15 is 0 Å². The van der Waals surface area contributed by atoms with Crippen LogP contribution in [0.5, 0.6) is 0 Å². The number of nitrogens with zero attached hydrogens (tertiary/aromatic N) is 4. The number of hydrogen-bond donors (Lipinski definition) is 0. The Morgan fingerprint density at radius 1 is 1.31 bits per heavy atom. The summed E-state index contributed by atoms with van der Waals surface area (Å²) in [5, 5.41) is 0.419. The summed E-state index contributed by atoms with van der Waals surface area (Å²) in [7, 11) is 0. The van der Waals surface area contributed by atoms with Gasteiger partial charge in [0.1, 0.15) is 17.7 Å². The normalized spacial score (nSPS) is 12.3. The van der Waals surface area contributed by atoms with Crippen LogP contribution in [0.25, 0.3) is 11.2 Å². The Balaban J connectivity index is 2.81. The average Bonchev–Trinajstić information content (AvgIpc) is 2.57. The maximum Gasteiger partial charge on any atom is 0.165 e. The van der Waals surface area contributed by atoms with E-state index in [-0.39, 0.29) is 5.41 Å². The minimum atomic E-state index is -0.0277. The molecule has 0 N–H and O–H groups in total. The van der Waals surface area contributed by atoms with Crippen LogP contribution in [0.15, 0.2) is 6.33 Å². The van der Waals surface area contributed by atoms with E-state index in [2.05, 4.69) is 47.2 Å². The van der Waals surface area contributed by atoms with Gasteiger partial charge in [0.05, 0.1) is 0 Å². The quantitative estimate of drug-likeness (QED) is 0.718. The molecule has 4 nitrogen and oxygen atoms in total. The Morgan fingerprint density at radius 2 is 2.00 bits per heavy atom. The second kappa shape index (κ2) is 3.70. The summed E-state index contributed by atoms with van der Waals surface area (Å²) in [6.07, 6.45) is 1.48. The van der Waals surface area contributed by atoms with Crippen LogP contribution < -0.4 is 0 Å². The van der Waals surface area contributed by atoms with E-state index in [4.69, 9.17) is 11.6 Å². The van der Waals surface area contributed by atoms with E-state index in [1.165, 1.54) is 6.33 Å². The van der Waals surface area contributed by atoms with Gasteiger partial charge in [-0.15, -0.1) is 0 Å². The third-order valence-corrected chi connectivity index (χ3v) is 2.75. The van der Waals surface area contributed by atoms with Gasteiger partial charge in [-0.25, -0.2) is 15.0 Å². The molecule has 2 rings (SSSR count). The van der Waals surface area contributed by atoms with Crippen LogP contribution in [0.2, 0.25) is 5.15 Å². The van der Waals surface area contributed by atoms with Gasteiger partial charge in [-0.05, 0) is 6.92 Å². The summed E-state index contributed by atoms with van der Waals surface area (Å²) < 4.78 is 2.09. The lowest BCUT2D eigenvalue weighted by molar-refractivity contribution is 0.510. The van der Waals surface area contributed by atoms with E-state index in [0.29, 0.717) is 10.7 Å². The number of halogens is 1. The van der Waals surface area contributed by atoms with Crippen LogP contribution in [0.3, 0.4) is 0 Å². The smallest absolute Gasteiger partial charge is 0.165 e. The highest BCUT2D eigenvalue weighted by atomic mass is 35.5. The zero-order chi connectivity index (χ0) is 11.9. The van der Waals surface area contributed by atoms with Gasteiger partial charge >= 0.3 is 0 Å². The third kappa shape index (κ3) is 1.67. The molecule has 0 saturated carbocycles. The Morgan fingerprint density at radius 3 is 2.56 bits per heavy atom. The van der Waals surface area contributed by atoms with Gasteiger partial charge in [-0.2, -0.15) is 0 Å². The summed E-state index contributed by atoms with van der Waals surface area (Å²) in [6.45, 7) is 9.29. The van der Waals surface area contributed by atoms with Crippen molar-refractivity contribution in [3.05, 3.63) is 17.3 Å². The predicted molar refractivity (Wildman–Crippen MR) is 64.7 cm³/mol. The van der Waals surface area contributed by atoms with Crippen LogP contribution in [-0.2, 0) is 12.0 Å². The standard InChI is InChI=1S/C11H15ClN4/c1-5-16-9-7(8(12)13-6-14-9)15-10(16)11(2,3)4/h6H,5H2,1-4H3. The second-order valence-electron chi connectivity index (χ2n) is 4.77. The number of aryl methyl sites for hydroxylation is 1. The second-order valence-corrected chi connectivity index (χ2v) is 5.12. The van der Waals surface area contributed by atoms with Crippen molar-refractivity contribution in [3.8, 4) is 0 Å². The minimum Gasteiger partial charge on any atom is -0.312 e. The monoisotopic (exact) mass is 238 g/mol. The molecule has 2 aromatic rings. The molecule has 0 aliphatic heterocycles. The lowest BCUT2D eigenvalue weighted by Crippen LogP contribution is -2.18. The molecule has 0 atom stereocenters. The molecule has 0 aromatic carbocycles. The van der Waals surface area contributed by atoms with E-state index < -0.39 is 0 Å². The van der Waals surface area contributed by atoms with Gasteiger partial charge in [-0.1, -0.05) is 32.4 Å². The first-order chi connectivity index (χ1) is 7.45. The molecule has 0 spiro atoms. The topological polar surface area (TPSA) is 43.6 Å². The SMILES string of the molecule is CCn1c(C(C)(C)C)nc2c(Cl)ncnc21. The summed E-state index contributed by atoms with van der Waals surface area (Å²) >= 11 is 6.02. The van der Waals surface area contributed by atoms with Crippen molar-refractivity contribution < 1.29 is 0 Å². The van der Waals surface area contributed by atoms with E-state index in [9.17, 15) is 0 Å². The van der Waals surface area contributed by atoms with Crippen LogP contribution in [0.1, 0.15) is 33.5 Å². The lowest BCUT2D eigenvalue weighted by Gasteiger charge is -2.18. The summed E-state index contributed by atoms with van der Waals surface area (Å²) in [4.78, 5) is 12.8. The first kappa shape index (κ1) is 11.3. The van der Waals surface area contributed by atoms with Crippen LogP contribution in [0, 0.1) is 0 Å². The maximum atomic E-state index is 6.02. The molecule has 2 heterocycles. The molecule has 0 unspecified atom stereocenters. The van der Waals surface area contributed by atoms with Crippen molar-refractivity contribution >= 4 is 22.8 Å². The molecule has 86 valence electrons. The molecule has 0 aliphatic carbocycles. The van der Waals surface area contributed by atoms with Crippen molar-refractivity contribution in [1.29, 1.82) is 0 Å². The largest absolute Gasteiger partial charge is 0.312 e. The van der Waals surface area contributed by atoms with Crippen molar-refractivity contribution in [2.45, 2.75) is 39.7 Å². The van der Waals surface area contributed by atoms with Gasteiger partial charge in [0, 0.05) is 12.0 Å². The number of hydrogen-bond acceptors (Lipinski definition) is 3. The molecular formula is C11H15ClN4. The molecule has 0 amide bonds. The van der Waals surface area contributed by atoms with Crippen molar-refractivity contribution in [2.75, 3.05) is 0 Å². The predicted octanol–water partition coefficient (Wildman–Crippen LogP) is 2.80.